The molecule has 0 radical (unpaired) electrons. The molecule has 5 rings (SSSR count). The van der Waals surface area contributed by atoms with E-state index in [1.807, 2.05) is 34.9 Å². The fourth-order valence-electron chi connectivity index (χ4n) is 4.77. The number of rotatable bonds is 8. The number of nitrogens with one attached hydrogen (secondary N) is 1. The molecule has 1 aliphatic heterocycles. The van der Waals surface area contributed by atoms with E-state index in [9.17, 15) is 4.79 Å². The highest BCUT2D eigenvalue weighted by atomic mass is 16.1. The van der Waals surface area contributed by atoms with Gasteiger partial charge in [-0.05, 0) is 68.9 Å². The first-order chi connectivity index (χ1) is 16.1. The van der Waals surface area contributed by atoms with E-state index in [4.69, 9.17) is 0 Å². The van der Waals surface area contributed by atoms with E-state index < -0.39 is 0 Å². The molecule has 1 N–H and O–H groups in total. The third-order valence-electron chi connectivity index (χ3n) is 6.82. The lowest BCUT2D eigenvalue weighted by molar-refractivity contribution is 0.0437. The molecule has 0 unspecified atom stereocenters. The minimum atomic E-state index is -0.0784. The normalized spacial score (nSPS) is 19.9. The lowest BCUT2D eigenvalue weighted by atomic mass is 10.1. The van der Waals surface area contributed by atoms with Gasteiger partial charge in [0.25, 0.3) is 5.91 Å². The molecule has 1 amide bonds. The summed E-state index contributed by atoms with van der Waals surface area (Å²) in [6.07, 6.45) is 8.94. The second-order valence-corrected chi connectivity index (χ2v) is 9.62. The Balaban J connectivity index is 1.33. The average molecular weight is 448 g/mol. The van der Waals surface area contributed by atoms with Gasteiger partial charge in [-0.3, -0.25) is 24.0 Å². The van der Waals surface area contributed by atoms with Crippen molar-refractivity contribution < 1.29 is 4.79 Å². The van der Waals surface area contributed by atoms with Crippen LogP contribution in [0, 0.1) is 5.92 Å². The van der Waals surface area contributed by atoms with Crippen LogP contribution in [0.25, 0.3) is 5.65 Å². The Morgan fingerprint density at radius 2 is 1.94 bits per heavy atom. The van der Waals surface area contributed by atoms with Gasteiger partial charge in [-0.15, -0.1) is 10.2 Å². The number of carbonyl (C=O) groups excluding carboxylic acids is 1. The molecule has 0 spiro atoms. The van der Waals surface area contributed by atoms with Crippen LogP contribution in [0.5, 0.6) is 0 Å². The summed E-state index contributed by atoms with van der Waals surface area (Å²) in [4.78, 5) is 22.0. The fraction of sp³-hybridized carbons (Fsp3) is 0.520. The smallest absolute Gasteiger partial charge is 0.252 e. The maximum absolute atomic E-state index is 12.8. The van der Waals surface area contributed by atoms with E-state index in [0.29, 0.717) is 18.2 Å². The van der Waals surface area contributed by atoms with Crippen molar-refractivity contribution in [1.29, 1.82) is 0 Å². The van der Waals surface area contributed by atoms with Gasteiger partial charge in [-0.25, -0.2) is 0 Å². The van der Waals surface area contributed by atoms with E-state index in [1.54, 1.807) is 12.4 Å². The van der Waals surface area contributed by atoms with Crippen LogP contribution in [-0.2, 0) is 6.42 Å². The second-order valence-electron chi connectivity index (χ2n) is 9.62. The summed E-state index contributed by atoms with van der Waals surface area (Å²) in [6, 6.07) is 8.24. The predicted molar refractivity (Wildman–Crippen MR) is 127 cm³/mol. The molecule has 33 heavy (non-hydrogen) atoms. The van der Waals surface area contributed by atoms with Gasteiger partial charge >= 0.3 is 0 Å². The van der Waals surface area contributed by atoms with Crippen molar-refractivity contribution in [1.82, 2.24) is 34.7 Å². The first-order valence-electron chi connectivity index (χ1n) is 12.1. The van der Waals surface area contributed by atoms with E-state index in [2.05, 4.69) is 44.1 Å². The third-order valence-corrected chi connectivity index (χ3v) is 6.82. The van der Waals surface area contributed by atoms with Gasteiger partial charge in [-0.1, -0.05) is 0 Å². The number of aromatic nitrogens is 4. The number of piperazine rings is 1. The lowest BCUT2D eigenvalue weighted by Gasteiger charge is -2.42. The molecular formula is C25H33N7O. The Kier molecular flexibility index (Phi) is 6.37. The van der Waals surface area contributed by atoms with Crippen molar-refractivity contribution in [2.24, 2.45) is 5.92 Å². The molecule has 1 atom stereocenters. The van der Waals surface area contributed by atoms with Gasteiger partial charge in [0.1, 0.15) is 0 Å². The van der Waals surface area contributed by atoms with Gasteiger partial charge < -0.3 is 5.32 Å². The number of carbonyl (C=O) groups is 1. The van der Waals surface area contributed by atoms with E-state index in [0.717, 1.165) is 49.0 Å². The molecule has 1 saturated carbocycles. The van der Waals surface area contributed by atoms with Crippen LogP contribution >= 0.6 is 0 Å². The Bertz CT molecular complexity index is 1090. The third kappa shape index (κ3) is 5.07. The summed E-state index contributed by atoms with van der Waals surface area (Å²) in [5.74, 6) is 1.71. The van der Waals surface area contributed by atoms with Gasteiger partial charge in [0, 0.05) is 57.4 Å². The minimum Gasteiger partial charge on any atom is -0.352 e. The van der Waals surface area contributed by atoms with E-state index >= 15 is 0 Å². The van der Waals surface area contributed by atoms with E-state index in [1.165, 1.54) is 19.4 Å². The van der Waals surface area contributed by atoms with Crippen LogP contribution in [0.15, 0.2) is 42.9 Å². The fourth-order valence-corrected chi connectivity index (χ4v) is 4.77. The van der Waals surface area contributed by atoms with Crippen molar-refractivity contribution in [3.8, 4) is 0 Å². The molecule has 1 aliphatic carbocycles. The number of nitrogens with zero attached hydrogens (tertiary/aromatic N) is 6. The highest BCUT2D eigenvalue weighted by molar-refractivity contribution is 5.94. The summed E-state index contributed by atoms with van der Waals surface area (Å²) in [5.41, 5.74) is 2.56. The van der Waals surface area contributed by atoms with Crippen molar-refractivity contribution >= 4 is 11.6 Å². The summed E-state index contributed by atoms with van der Waals surface area (Å²) in [7, 11) is 0. The van der Waals surface area contributed by atoms with Crippen LogP contribution in [0.4, 0.5) is 0 Å². The molecule has 4 heterocycles. The van der Waals surface area contributed by atoms with Crippen LogP contribution in [0.3, 0.4) is 0 Å². The molecule has 3 aromatic heterocycles. The molecular weight excluding hydrogens is 414 g/mol. The topological polar surface area (TPSA) is 78.7 Å². The summed E-state index contributed by atoms with van der Waals surface area (Å²) < 4.78 is 2.01. The number of hydrogen-bond acceptors (Lipinski definition) is 6. The van der Waals surface area contributed by atoms with Crippen molar-refractivity contribution in [3.63, 3.8) is 0 Å². The Labute approximate surface area is 195 Å². The number of pyridine rings is 2. The maximum atomic E-state index is 12.8. The van der Waals surface area contributed by atoms with Crippen LogP contribution in [0.2, 0.25) is 0 Å². The molecule has 0 bridgehead atoms. The largest absolute Gasteiger partial charge is 0.352 e. The standard InChI is InChI=1S/C25H33N7O/c1-18(2)31-14-13-30(15-20-3-4-20)17-22(31)24-29-28-23-6-5-21(16-32(23)24)25(33)27-12-9-19-7-10-26-11-8-19/h5-8,10-11,16,18,20,22H,3-4,9,12-15,17H2,1-2H3,(H,27,33)/t22-/m0/s1. The summed E-state index contributed by atoms with van der Waals surface area (Å²) >= 11 is 0. The highest BCUT2D eigenvalue weighted by Gasteiger charge is 2.35. The number of hydrogen-bond donors (Lipinski definition) is 1. The highest BCUT2D eigenvalue weighted by Crippen LogP contribution is 2.33. The van der Waals surface area contributed by atoms with Crippen molar-refractivity contribution in [2.45, 2.75) is 45.2 Å². The quantitative estimate of drug-likeness (QED) is 0.572. The number of amides is 1. The Morgan fingerprint density at radius 1 is 1.12 bits per heavy atom. The van der Waals surface area contributed by atoms with Crippen molar-refractivity contribution in [2.75, 3.05) is 32.7 Å². The van der Waals surface area contributed by atoms with Crippen LogP contribution in [-0.4, -0.2) is 74.1 Å². The minimum absolute atomic E-state index is 0.0784. The average Bonchev–Trinajstić information content (AvgIpc) is 3.54. The molecule has 0 aromatic carbocycles. The molecule has 8 heteroatoms. The Morgan fingerprint density at radius 3 is 2.70 bits per heavy atom. The predicted octanol–water partition coefficient (Wildman–Crippen LogP) is 2.57. The molecule has 174 valence electrons. The summed E-state index contributed by atoms with van der Waals surface area (Å²) in [5, 5.41) is 12.0. The SMILES string of the molecule is CC(C)N1CCN(CC2CC2)C[C@H]1c1nnc2ccc(C(=O)NCCc3ccncc3)cn12. The summed E-state index contributed by atoms with van der Waals surface area (Å²) in [6.45, 7) is 9.34. The number of fused-ring (bicyclic) bond motifs is 1. The zero-order valence-electron chi connectivity index (χ0n) is 19.5. The van der Waals surface area contributed by atoms with Crippen LogP contribution < -0.4 is 5.32 Å². The van der Waals surface area contributed by atoms with Gasteiger partial charge in [0.05, 0.1) is 11.6 Å². The van der Waals surface area contributed by atoms with Gasteiger partial charge in [-0.2, -0.15) is 0 Å². The maximum Gasteiger partial charge on any atom is 0.252 e. The monoisotopic (exact) mass is 447 g/mol. The molecule has 2 aliphatic rings. The molecule has 2 fully saturated rings. The van der Waals surface area contributed by atoms with Crippen LogP contribution in [0.1, 0.15) is 54.5 Å². The first-order valence-corrected chi connectivity index (χ1v) is 12.1. The van der Waals surface area contributed by atoms with Crippen molar-refractivity contribution in [3.05, 3.63) is 59.8 Å². The molecule has 8 nitrogen and oxygen atoms in total. The lowest BCUT2D eigenvalue weighted by Crippen LogP contribution is -2.51. The Hall–Kier alpha value is -2.84. The molecule has 1 saturated heterocycles. The van der Waals surface area contributed by atoms with Gasteiger partial charge in [0.2, 0.25) is 0 Å². The second kappa shape index (κ2) is 9.57. The first kappa shape index (κ1) is 22.0. The molecule has 3 aromatic rings. The zero-order chi connectivity index (χ0) is 22.8. The van der Waals surface area contributed by atoms with E-state index in [-0.39, 0.29) is 11.9 Å². The zero-order valence-corrected chi connectivity index (χ0v) is 19.5. The van der Waals surface area contributed by atoms with Gasteiger partial charge in [0.15, 0.2) is 11.5 Å².